The van der Waals surface area contributed by atoms with Crippen molar-refractivity contribution in [2.75, 3.05) is 0 Å². The summed E-state index contributed by atoms with van der Waals surface area (Å²) in [6, 6.07) is 16.5. The van der Waals surface area contributed by atoms with Crippen LogP contribution < -0.4 is 5.32 Å². The summed E-state index contributed by atoms with van der Waals surface area (Å²) in [7, 11) is 0. The smallest absolute Gasteiger partial charge is 0.0435 e. The zero-order valence-electron chi connectivity index (χ0n) is 9.91. The molecule has 0 fully saturated rings. The summed E-state index contributed by atoms with van der Waals surface area (Å²) in [4.78, 5) is 0. The first kappa shape index (κ1) is 12.2. The van der Waals surface area contributed by atoms with Gasteiger partial charge in [-0.3, -0.25) is 0 Å². The number of hydrogen-bond donors (Lipinski definition) is 1. The number of rotatable bonds is 4. The maximum absolute atomic E-state index is 5.99. The van der Waals surface area contributed by atoms with Crippen molar-refractivity contribution in [3.63, 3.8) is 0 Å². The van der Waals surface area contributed by atoms with E-state index in [1.165, 1.54) is 11.1 Å². The SMILES string of the molecule is Cc1cc(CNCc2ccccc2)ccc1Cl. The minimum atomic E-state index is 0.830. The quantitative estimate of drug-likeness (QED) is 0.861. The van der Waals surface area contributed by atoms with E-state index in [2.05, 4.69) is 41.7 Å². The molecule has 0 amide bonds. The molecule has 0 aromatic heterocycles. The van der Waals surface area contributed by atoms with Gasteiger partial charge in [0.25, 0.3) is 0 Å². The molecule has 2 rings (SSSR count). The zero-order chi connectivity index (χ0) is 12.1. The van der Waals surface area contributed by atoms with Gasteiger partial charge in [-0.1, -0.05) is 54.1 Å². The van der Waals surface area contributed by atoms with Crippen molar-refractivity contribution in [3.8, 4) is 0 Å². The van der Waals surface area contributed by atoms with Gasteiger partial charge in [0, 0.05) is 18.1 Å². The minimum Gasteiger partial charge on any atom is -0.309 e. The third kappa shape index (κ3) is 3.58. The molecule has 0 aliphatic carbocycles. The van der Waals surface area contributed by atoms with E-state index in [0.29, 0.717) is 0 Å². The van der Waals surface area contributed by atoms with E-state index in [1.807, 2.05) is 19.1 Å². The van der Waals surface area contributed by atoms with E-state index < -0.39 is 0 Å². The average molecular weight is 246 g/mol. The second kappa shape index (κ2) is 5.85. The summed E-state index contributed by atoms with van der Waals surface area (Å²) in [6.45, 7) is 3.79. The maximum atomic E-state index is 5.99. The normalized spacial score (nSPS) is 10.5. The molecule has 0 atom stereocenters. The van der Waals surface area contributed by atoms with Crippen LogP contribution in [0.3, 0.4) is 0 Å². The lowest BCUT2D eigenvalue weighted by Crippen LogP contribution is -2.12. The van der Waals surface area contributed by atoms with Crippen molar-refractivity contribution in [2.45, 2.75) is 20.0 Å². The average Bonchev–Trinajstić information content (AvgIpc) is 2.35. The lowest BCUT2D eigenvalue weighted by atomic mass is 10.1. The molecule has 88 valence electrons. The fourth-order valence-corrected chi connectivity index (χ4v) is 1.88. The molecule has 2 heteroatoms. The Balaban J connectivity index is 1.88. The lowest BCUT2D eigenvalue weighted by Gasteiger charge is -2.06. The van der Waals surface area contributed by atoms with Crippen LogP contribution in [-0.4, -0.2) is 0 Å². The van der Waals surface area contributed by atoms with Gasteiger partial charge < -0.3 is 5.32 Å². The highest BCUT2D eigenvalue weighted by Crippen LogP contribution is 2.16. The van der Waals surface area contributed by atoms with Crippen molar-refractivity contribution in [1.82, 2.24) is 5.32 Å². The number of benzene rings is 2. The largest absolute Gasteiger partial charge is 0.309 e. The van der Waals surface area contributed by atoms with Gasteiger partial charge in [-0.05, 0) is 29.7 Å². The van der Waals surface area contributed by atoms with Crippen LogP contribution in [0, 0.1) is 6.92 Å². The Morgan fingerprint density at radius 1 is 0.941 bits per heavy atom. The zero-order valence-corrected chi connectivity index (χ0v) is 10.7. The third-order valence-electron chi connectivity index (χ3n) is 2.72. The molecule has 0 radical (unpaired) electrons. The van der Waals surface area contributed by atoms with E-state index in [4.69, 9.17) is 11.6 Å². The Labute approximate surface area is 107 Å². The number of nitrogens with one attached hydrogen (secondary N) is 1. The van der Waals surface area contributed by atoms with Crippen LogP contribution in [0.4, 0.5) is 0 Å². The monoisotopic (exact) mass is 245 g/mol. The first-order valence-corrected chi connectivity index (χ1v) is 6.13. The molecule has 0 saturated carbocycles. The van der Waals surface area contributed by atoms with Crippen LogP contribution in [-0.2, 0) is 13.1 Å². The van der Waals surface area contributed by atoms with Gasteiger partial charge in [-0.15, -0.1) is 0 Å². The molecular formula is C15H16ClN. The van der Waals surface area contributed by atoms with E-state index in [-0.39, 0.29) is 0 Å². The highest BCUT2D eigenvalue weighted by Gasteiger charge is 1.97. The molecule has 0 heterocycles. The molecule has 0 saturated heterocycles. The second-order valence-electron chi connectivity index (χ2n) is 4.17. The predicted octanol–water partition coefficient (Wildman–Crippen LogP) is 3.94. The van der Waals surface area contributed by atoms with Crippen LogP contribution in [0.25, 0.3) is 0 Å². The molecular weight excluding hydrogens is 230 g/mol. The third-order valence-corrected chi connectivity index (χ3v) is 3.15. The van der Waals surface area contributed by atoms with Crippen molar-refractivity contribution in [3.05, 3.63) is 70.2 Å². The first-order chi connectivity index (χ1) is 8.25. The topological polar surface area (TPSA) is 12.0 Å². The molecule has 1 N–H and O–H groups in total. The molecule has 2 aromatic carbocycles. The van der Waals surface area contributed by atoms with Gasteiger partial charge >= 0.3 is 0 Å². The molecule has 0 aliphatic rings. The first-order valence-electron chi connectivity index (χ1n) is 5.75. The van der Waals surface area contributed by atoms with Crippen molar-refractivity contribution in [2.24, 2.45) is 0 Å². The van der Waals surface area contributed by atoms with Gasteiger partial charge in [0.15, 0.2) is 0 Å². The highest BCUT2D eigenvalue weighted by molar-refractivity contribution is 6.31. The minimum absolute atomic E-state index is 0.830. The lowest BCUT2D eigenvalue weighted by molar-refractivity contribution is 0.693. The van der Waals surface area contributed by atoms with E-state index in [0.717, 1.165) is 23.7 Å². The van der Waals surface area contributed by atoms with E-state index in [1.54, 1.807) is 0 Å². The molecule has 17 heavy (non-hydrogen) atoms. The fourth-order valence-electron chi connectivity index (χ4n) is 1.76. The Kier molecular flexibility index (Phi) is 4.18. The molecule has 1 nitrogen and oxygen atoms in total. The van der Waals surface area contributed by atoms with Crippen molar-refractivity contribution >= 4 is 11.6 Å². The number of aryl methyl sites for hydroxylation is 1. The highest BCUT2D eigenvalue weighted by atomic mass is 35.5. The molecule has 0 aliphatic heterocycles. The Bertz CT molecular complexity index is 480. The van der Waals surface area contributed by atoms with Gasteiger partial charge in [0.1, 0.15) is 0 Å². The van der Waals surface area contributed by atoms with E-state index in [9.17, 15) is 0 Å². The van der Waals surface area contributed by atoms with Crippen molar-refractivity contribution in [1.29, 1.82) is 0 Å². The molecule has 0 spiro atoms. The molecule has 0 bridgehead atoms. The van der Waals surface area contributed by atoms with E-state index >= 15 is 0 Å². The Morgan fingerprint density at radius 2 is 1.65 bits per heavy atom. The number of hydrogen-bond acceptors (Lipinski definition) is 1. The Morgan fingerprint density at radius 3 is 2.35 bits per heavy atom. The predicted molar refractivity (Wildman–Crippen MR) is 73.2 cm³/mol. The van der Waals surface area contributed by atoms with Crippen molar-refractivity contribution < 1.29 is 0 Å². The fraction of sp³-hybridized carbons (Fsp3) is 0.200. The second-order valence-corrected chi connectivity index (χ2v) is 4.58. The van der Waals surface area contributed by atoms with Crippen LogP contribution in [0.2, 0.25) is 5.02 Å². The van der Waals surface area contributed by atoms with Crippen LogP contribution >= 0.6 is 11.6 Å². The maximum Gasteiger partial charge on any atom is 0.0435 e. The summed E-state index contributed by atoms with van der Waals surface area (Å²) in [5.74, 6) is 0. The molecule has 0 unspecified atom stereocenters. The van der Waals surface area contributed by atoms with Crippen LogP contribution in [0.1, 0.15) is 16.7 Å². The van der Waals surface area contributed by atoms with Gasteiger partial charge in [-0.2, -0.15) is 0 Å². The number of halogens is 1. The van der Waals surface area contributed by atoms with Gasteiger partial charge in [0.05, 0.1) is 0 Å². The van der Waals surface area contributed by atoms with Crippen LogP contribution in [0.15, 0.2) is 48.5 Å². The van der Waals surface area contributed by atoms with Gasteiger partial charge in [0.2, 0.25) is 0 Å². The van der Waals surface area contributed by atoms with Crippen LogP contribution in [0.5, 0.6) is 0 Å². The summed E-state index contributed by atoms with van der Waals surface area (Å²) in [6.07, 6.45) is 0. The standard InChI is InChI=1S/C15H16ClN/c1-12-9-14(7-8-15(12)16)11-17-10-13-5-3-2-4-6-13/h2-9,17H,10-11H2,1H3. The summed E-state index contributed by atoms with van der Waals surface area (Å²) < 4.78 is 0. The molecule has 2 aromatic rings. The summed E-state index contributed by atoms with van der Waals surface area (Å²) in [5.41, 5.74) is 3.70. The summed E-state index contributed by atoms with van der Waals surface area (Å²) >= 11 is 5.99. The summed E-state index contributed by atoms with van der Waals surface area (Å²) in [5, 5.41) is 4.25. The Hall–Kier alpha value is -1.31. The van der Waals surface area contributed by atoms with Gasteiger partial charge in [-0.25, -0.2) is 0 Å².